The Morgan fingerprint density at radius 2 is 2.21 bits per heavy atom. The van der Waals surface area contributed by atoms with Gasteiger partial charge >= 0.3 is 6.03 Å². The van der Waals surface area contributed by atoms with Gasteiger partial charge in [0.05, 0.1) is 0 Å². The van der Waals surface area contributed by atoms with Crippen LogP contribution in [-0.2, 0) is 0 Å². The van der Waals surface area contributed by atoms with Gasteiger partial charge in [-0.2, -0.15) is 0 Å². The fourth-order valence-electron chi connectivity index (χ4n) is 2.39. The molecule has 0 aliphatic carbocycles. The second-order valence-electron chi connectivity index (χ2n) is 4.34. The van der Waals surface area contributed by atoms with Gasteiger partial charge in [-0.3, -0.25) is 0 Å². The van der Waals surface area contributed by atoms with Crippen LogP contribution in [0.5, 0.6) is 0 Å². The minimum atomic E-state index is 0.136. The van der Waals surface area contributed by atoms with Gasteiger partial charge in [-0.15, -0.1) is 0 Å². The number of rotatable bonds is 1. The molecular formula is C10H19N3O. The van der Waals surface area contributed by atoms with Gasteiger partial charge in [0.1, 0.15) is 0 Å². The van der Waals surface area contributed by atoms with Crippen LogP contribution in [0.25, 0.3) is 0 Å². The van der Waals surface area contributed by atoms with Crippen molar-refractivity contribution in [3.63, 3.8) is 0 Å². The van der Waals surface area contributed by atoms with E-state index < -0.39 is 0 Å². The van der Waals surface area contributed by atoms with Gasteiger partial charge in [-0.25, -0.2) is 4.79 Å². The first-order valence-electron chi connectivity index (χ1n) is 5.50. The monoisotopic (exact) mass is 197 g/mol. The molecule has 2 aliphatic rings. The van der Waals surface area contributed by atoms with E-state index in [1.54, 1.807) is 0 Å². The lowest BCUT2D eigenvalue weighted by Gasteiger charge is -2.39. The van der Waals surface area contributed by atoms with Crippen LogP contribution >= 0.6 is 0 Å². The van der Waals surface area contributed by atoms with Crippen LogP contribution in [0.3, 0.4) is 0 Å². The molecule has 1 atom stereocenters. The zero-order valence-corrected chi connectivity index (χ0v) is 8.83. The highest BCUT2D eigenvalue weighted by atomic mass is 16.2. The minimum Gasteiger partial charge on any atom is -0.338 e. The van der Waals surface area contributed by atoms with Crippen molar-refractivity contribution in [3.05, 3.63) is 0 Å². The molecule has 2 rings (SSSR count). The standard InChI is InChI=1S/C10H19N3O/c1-12-6-2-4-9(8-12)13-7-3-5-11-10(13)14/h9H,2-8H2,1H3,(H,11,14). The first-order valence-corrected chi connectivity index (χ1v) is 5.50. The summed E-state index contributed by atoms with van der Waals surface area (Å²) < 4.78 is 0. The average Bonchev–Trinajstić information content (AvgIpc) is 2.18. The highest BCUT2D eigenvalue weighted by Gasteiger charge is 2.28. The molecule has 0 radical (unpaired) electrons. The highest BCUT2D eigenvalue weighted by Crippen LogP contribution is 2.16. The summed E-state index contributed by atoms with van der Waals surface area (Å²) in [5.41, 5.74) is 0. The minimum absolute atomic E-state index is 0.136. The molecule has 2 aliphatic heterocycles. The Morgan fingerprint density at radius 1 is 1.36 bits per heavy atom. The SMILES string of the molecule is CN1CCCC(N2CCCNC2=O)C1. The molecule has 14 heavy (non-hydrogen) atoms. The predicted molar refractivity (Wildman–Crippen MR) is 55.2 cm³/mol. The number of hydrogen-bond donors (Lipinski definition) is 1. The number of nitrogens with one attached hydrogen (secondary N) is 1. The molecule has 0 aromatic carbocycles. The first-order chi connectivity index (χ1) is 6.77. The first kappa shape index (κ1) is 9.77. The summed E-state index contributed by atoms with van der Waals surface area (Å²) in [5, 5.41) is 2.91. The van der Waals surface area contributed by atoms with Crippen molar-refractivity contribution in [2.45, 2.75) is 25.3 Å². The summed E-state index contributed by atoms with van der Waals surface area (Å²) in [6.07, 6.45) is 3.47. The van der Waals surface area contributed by atoms with E-state index >= 15 is 0 Å². The molecule has 2 saturated heterocycles. The van der Waals surface area contributed by atoms with E-state index in [4.69, 9.17) is 0 Å². The van der Waals surface area contributed by atoms with E-state index in [9.17, 15) is 4.79 Å². The van der Waals surface area contributed by atoms with E-state index in [-0.39, 0.29) is 6.03 Å². The fraction of sp³-hybridized carbons (Fsp3) is 0.900. The van der Waals surface area contributed by atoms with Gasteiger partial charge in [0, 0.05) is 25.7 Å². The molecule has 0 bridgehead atoms. The Morgan fingerprint density at radius 3 is 2.93 bits per heavy atom. The van der Waals surface area contributed by atoms with Crippen LogP contribution in [0.15, 0.2) is 0 Å². The maximum atomic E-state index is 11.6. The smallest absolute Gasteiger partial charge is 0.317 e. The average molecular weight is 197 g/mol. The van der Waals surface area contributed by atoms with Gasteiger partial charge in [-0.1, -0.05) is 0 Å². The lowest BCUT2D eigenvalue weighted by molar-refractivity contribution is 0.115. The number of hydrogen-bond acceptors (Lipinski definition) is 2. The van der Waals surface area contributed by atoms with E-state index in [0.717, 1.165) is 32.5 Å². The normalized spacial score (nSPS) is 30.2. The van der Waals surface area contributed by atoms with E-state index in [1.807, 2.05) is 4.90 Å². The van der Waals surface area contributed by atoms with Crippen molar-refractivity contribution in [2.75, 3.05) is 33.2 Å². The number of urea groups is 1. The molecule has 2 heterocycles. The molecule has 1 unspecified atom stereocenters. The lowest BCUT2D eigenvalue weighted by Crippen LogP contribution is -2.55. The second-order valence-corrected chi connectivity index (χ2v) is 4.34. The third kappa shape index (κ3) is 2.00. The Kier molecular flexibility index (Phi) is 2.91. The molecule has 0 saturated carbocycles. The van der Waals surface area contributed by atoms with Crippen molar-refractivity contribution in [1.29, 1.82) is 0 Å². The molecular weight excluding hydrogens is 178 g/mol. The third-order valence-electron chi connectivity index (χ3n) is 3.15. The van der Waals surface area contributed by atoms with E-state index in [0.29, 0.717) is 6.04 Å². The van der Waals surface area contributed by atoms with Crippen molar-refractivity contribution >= 4 is 6.03 Å². The maximum absolute atomic E-state index is 11.6. The largest absolute Gasteiger partial charge is 0.338 e. The topological polar surface area (TPSA) is 35.6 Å². The lowest BCUT2D eigenvalue weighted by atomic mass is 10.0. The van der Waals surface area contributed by atoms with Crippen molar-refractivity contribution in [2.24, 2.45) is 0 Å². The molecule has 2 fully saturated rings. The summed E-state index contributed by atoms with van der Waals surface area (Å²) >= 11 is 0. The quantitative estimate of drug-likeness (QED) is 0.664. The third-order valence-corrected chi connectivity index (χ3v) is 3.15. The number of likely N-dealkylation sites (tertiary alicyclic amines) is 1. The summed E-state index contributed by atoms with van der Waals surface area (Å²) in [5.74, 6) is 0. The maximum Gasteiger partial charge on any atom is 0.317 e. The molecule has 0 spiro atoms. The fourth-order valence-corrected chi connectivity index (χ4v) is 2.39. The van der Waals surface area contributed by atoms with Crippen LogP contribution in [-0.4, -0.2) is 55.1 Å². The van der Waals surface area contributed by atoms with Crippen molar-refractivity contribution < 1.29 is 4.79 Å². The van der Waals surface area contributed by atoms with Gasteiger partial charge in [0.2, 0.25) is 0 Å². The van der Waals surface area contributed by atoms with Gasteiger partial charge < -0.3 is 15.1 Å². The number of amides is 2. The van der Waals surface area contributed by atoms with E-state index in [1.165, 1.54) is 13.0 Å². The number of likely N-dealkylation sites (N-methyl/N-ethyl adjacent to an activating group) is 1. The predicted octanol–water partition coefficient (Wildman–Crippen LogP) is 0.496. The van der Waals surface area contributed by atoms with Crippen LogP contribution in [0, 0.1) is 0 Å². The Bertz CT molecular complexity index is 219. The molecule has 2 amide bonds. The van der Waals surface area contributed by atoms with Crippen LogP contribution in [0.1, 0.15) is 19.3 Å². The number of piperidine rings is 1. The van der Waals surface area contributed by atoms with Crippen LogP contribution in [0.2, 0.25) is 0 Å². The van der Waals surface area contributed by atoms with Crippen LogP contribution in [0.4, 0.5) is 4.79 Å². The summed E-state index contributed by atoms with van der Waals surface area (Å²) in [4.78, 5) is 15.9. The molecule has 80 valence electrons. The molecule has 0 aromatic rings. The summed E-state index contributed by atoms with van der Waals surface area (Å²) in [6.45, 7) is 3.99. The number of nitrogens with zero attached hydrogens (tertiary/aromatic N) is 2. The van der Waals surface area contributed by atoms with Gasteiger partial charge in [-0.05, 0) is 32.9 Å². The molecule has 4 heteroatoms. The van der Waals surface area contributed by atoms with Crippen LogP contribution < -0.4 is 5.32 Å². The second kappa shape index (κ2) is 4.17. The summed E-state index contributed by atoms with van der Waals surface area (Å²) in [7, 11) is 2.13. The van der Waals surface area contributed by atoms with Gasteiger partial charge in [0.15, 0.2) is 0 Å². The zero-order chi connectivity index (χ0) is 9.97. The number of carbonyl (C=O) groups excluding carboxylic acids is 1. The van der Waals surface area contributed by atoms with E-state index in [2.05, 4.69) is 17.3 Å². The number of carbonyl (C=O) groups is 1. The van der Waals surface area contributed by atoms with Gasteiger partial charge in [0.25, 0.3) is 0 Å². The summed E-state index contributed by atoms with van der Waals surface area (Å²) in [6, 6.07) is 0.575. The Balaban J connectivity index is 1.94. The molecule has 0 aromatic heterocycles. The molecule has 4 nitrogen and oxygen atoms in total. The Labute approximate surface area is 85.2 Å². The highest BCUT2D eigenvalue weighted by molar-refractivity contribution is 5.75. The Hall–Kier alpha value is -0.770. The van der Waals surface area contributed by atoms with Crippen molar-refractivity contribution in [3.8, 4) is 0 Å². The molecule has 1 N–H and O–H groups in total. The van der Waals surface area contributed by atoms with Crippen molar-refractivity contribution in [1.82, 2.24) is 15.1 Å². The zero-order valence-electron chi connectivity index (χ0n) is 8.83.